The quantitative estimate of drug-likeness (QED) is 0.402. The van der Waals surface area contributed by atoms with Crippen LogP contribution in [0.15, 0.2) is 46.9 Å². The van der Waals surface area contributed by atoms with Crippen molar-refractivity contribution >= 4 is 23.2 Å². The number of hydrogen-bond donors (Lipinski definition) is 1. The monoisotopic (exact) mass is 465 g/mol. The van der Waals surface area contributed by atoms with Gasteiger partial charge in [-0.3, -0.25) is 4.79 Å². The van der Waals surface area contributed by atoms with Crippen molar-refractivity contribution in [1.82, 2.24) is 20.0 Å². The molecule has 33 heavy (non-hydrogen) atoms. The Labute approximate surface area is 196 Å². The summed E-state index contributed by atoms with van der Waals surface area (Å²) in [6.45, 7) is 8.31. The molecule has 0 aliphatic heterocycles. The standard InChI is InChI=1S/C24H24ClN5O3/c1-5-32-21-9-7-6-8-18(21)24-27-20(16(4)33-24)13-30-15(3)22(28-29-30)23(31)26-19-12-17(25)11-10-14(19)2/h6-12H,5,13H2,1-4H3,(H,26,31). The third-order valence-corrected chi connectivity index (χ3v) is 5.49. The smallest absolute Gasteiger partial charge is 0.278 e. The van der Waals surface area contributed by atoms with Crippen molar-refractivity contribution in [2.24, 2.45) is 0 Å². The summed E-state index contributed by atoms with van der Waals surface area (Å²) in [4.78, 5) is 17.5. The molecule has 0 saturated heterocycles. The molecule has 9 heteroatoms. The van der Waals surface area contributed by atoms with Crippen molar-refractivity contribution < 1.29 is 13.9 Å². The van der Waals surface area contributed by atoms with E-state index in [0.717, 1.165) is 11.1 Å². The predicted molar refractivity (Wildman–Crippen MR) is 126 cm³/mol. The Balaban J connectivity index is 1.56. The summed E-state index contributed by atoms with van der Waals surface area (Å²) in [5.41, 5.74) is 3.86. The van der Waals surface area contributed by atoms with Gasteiger partial charge in [-0.25, -0.2) is 9.67 Å². The number of hydrogen-bond acceptors (Lipinski definition) is 6. The number of anilines is 1. The molecular formula is C24H24ClN5O3. The van der Waals surface area contributed by atoms with Crippen molar-refractivity contribution in [2.75, 3.05) is 11.9 Å². The Morgan fingerprint density at radius 3 is 2.76 bits per heavy atom. The number of carbonyl (C=O) groups excluding carboxylic acids is 1. The number of amides is 1. The van der Waals surface area contributed by atoms with E-state index in [2.05, 4.69) is 20.6 Å². The van der Waals surface area contributed by atoms with E-state index >= 15 is 0 Å². The lowest BCUT2D eigenvalue weighted by Crippen LogP contribution is -2.15. The van der Waals surface area contributed by atoms with Gasteiger partial charge in [-0.2, -0.15) is 0 Å². The normalized spacial score (nSPS) is 10.9. The number of aromatic nitrogens is 4. The number of halogens is 1. The Bertz CT molecular complexity index is 1310. The van der Waals surface area contributed by atoms with Gasteiger partial charge in [-0.05, 0) is 57.5 Å². The topological polar surface area (TPSA) is 95.1 Å². The fraction of sp³-hybridized carbons (Fsp3) is 0.250. The number of carbonyl (C=O) groups is 1. The summed E-state index contributed by atoms with van der Waals surface area (Å²) < 4.78 is 13.2. The Hall–Kier alpha value is -3.65. The summed E-state index contributed by atoms with van der Waals surface area (Å²) in [5, 5.41) is 11.6. The summed E-state index contributed by atoms with van der Waals surface area (Å²) in [6, 6.07) is 12.9. The molecule has 0 unspecified atom stereocenters. The number of para-hydroxylation sites is 1. The van der Waals surface area contributed by atoms with Crippen molar-refractivity contribution in [1.29, 1.82) is 0 Å². The van der Waals surface area contributed by atoms with Crippen molar-refractivity contribution in [3.05, 3.63) is 75.9 Å². The first-order valence-electron chi connectivity index (χ1n) is 10.5. The van der Waals surface area contributed by atoms with Crippen LogP contribution in [0.3, 0.4) is 0 Å². The number of oxazole rings is 1. The average Bonchev–Trinajstić information content (AvgIpc) is 3.34. The first-order valence-corrected chi connectivity index (χ1v) is 10.9. The van der Waals surface area contributed by atoms with Crippen LogP contribution in [0.4, 0.5) is 5.69 Å². The molecule has 4 rings (SSSR count). The number of nitrogens with one attached hydrogen (secondary N) is 1. The second kappa shape index (κ2) is 9.46. The zero-order chi connectivity index (χ0) is 23.5. The third-order valence-electron chi connectivity index (χ3n) is 5.25. The van der Waals surface area contributed by atoms with E-state index in [9.17, 15) is 4.79 Å². The van der Waals surface area contributed by atoms with E-state index in [1.165, 1.54) is 0 Å². The minimum absolute atomic E-state index is 0.234. The highest BCUT2D eigenvalue weighted by molar-refractivity contribution is 6.31. The zero-order valence-electron chi connectivity index (χ0n) is 18.8. The van der Waals surface area contributed by atoms with E-state index < -0.39 is 0 Å². The maximum absolute atomic E-state index is 12.8. The van der Waals surface area contributed by atoms with Gasteiger partial charge in [0.2, 0.25) is 5.89 Å². The number of ether oxygens (including phenoxy) is 1. The minimum Gasteiger partial charge on any atom is -0.493 e. The van der Waals surface area contributed by atoms with Crippen LogP contribution >= 0.6 is 11.6 Å². The number of nitrogens with zero attached hydrogens (tertiary/aromatic N) is 4. The molecule has 4 aromatic rings. The highest BCUT2D eigenvalue weighted by Gasteiger charge is 2.20. The molecule has 2 heterocycles. The van der Waals surface area contributed by atoms with Crippen LogP contribution in [0, 0.1) is 20.8 Å². The molecule has 0 atom stereocenters. The first kappa shape index (κ1) is 22.5. The molecule has 0 aliphatic rings. The minimum atomic E-state index is -0.354. The molecule has 0 fully saturated rings. The Morgan fingerprint density at radius 2 is 1.97 bits per heavy atom. The second-order valence-electron chi connectivity index (χ2n) is 7.55. The van der Waals surface area contributed by atoms with Gasteiger partial charge < -0.3 is 14.5 Å². The van der Waals surface area contributed by atoms with E-state index in [-0.39, 0.29) is 11.6 Å². The van der Waals surface area contributed by atoms with Crippen LogP contribution in [-0.2, 0) is 6.54 Å². The van der Waals surface area contributed by atoms with Crippen LogP contribution < -0.4 is 10.1 Å². The van der Waals surface area contributed by atoms with Gasteiger partial charge in [0.15, 0.2) is 5.69 Å². The third kappa shape index (κ3) is 4.75. The summed E-state index contributed by atoms with van der Waals surface area (Å²) in [7, 11) is 0. The van der Waals surface area contributed by atoms with Crippen molar-refractivity contribution in [3.63, 3.8) is 0 Å². The molecule has 0 aliphatic carbocycles. The summed E-state index contributed by atoms with van der Waals surface area (Å²) in [6.07, 6.45) is 0. The molecule has 0 radical (unpaired) electrons. The maximum atomic E-state index is 12.8. The fourth-order valence-corrected chi connectivity index (χ4v) is 3.56. The molecule has 170 valence electrons. The molecule has 0 spiro atoms. The van der Waals surface area contributed by atoms with Crippen LogP contribution in [0.25, 0.3) is 11.5 Å². The van der Waals surface area contributed by atoms with Crippen molar-refractivity contribution in [3.8, 4) is 17.2 Å². The lowest BCUT2D eigenvalue weighted by atomic mass is 10.2. The van der Waals surface area contributed by atoms with Crippen LogP contribution in [0.1, 0.15) is 40.1 Å². The molecule has 1 amide bonds. The summed E-state index contributed by atoms with van der Waals surface area (Å²) >= 11 is 6.05. The van der Waals surface area contributed by atoms with E-state index in [1.807, 2.05) is 51.1 Å². The van der Waals surface area contributed by atoms with Gasteiger partial charge in [-0.1, -0.05) is 35.0 Å². The van der Waals surface area contributed by atoms with Crippen molar-refractivity contribution in [2.45, 2.75) is 34.2 Å². The molecule has 2 aromatic heterocycles. The molecule has 1 N–H and O–H groups in total. The second-order valence-corrected chi connectivity index (χ2v) is 7.98. The Kier molecular flexibility index (Phi) is 6.46. The van der Waals surface area contributed by atoms with Gasteiger partial charge in [0, 0.05) is 10.7 Å². The molecular weight excluding hydrogens is 442 g/mol. The van der Waals surface area contributed by atoms with E-state index in [4.69, 9.17) is 20.8 Å². The fourth-order valence-electron chi connectivity index (χ4n) is 3.39. The maximum Gasteiger partial charge on any atom is 0.278 e. The average molecular weight is 466 g/mol. The van der Waals surface area contributed by atoms with Gasteiger partial charge in [0.05, 0.1) is 24.4 Å². The van der Waals surface area contributed by atoms with Crippen LogP contribution in [-0.4, -0.2) is 32.5 Å². The largest absolute Gasteiger partial charge is 0.493 e. The number of aryl methyl sites for hydroxylation is 2. The first-order chi connectivity index (χ1) is 15.9. The molecule has 0 bridgehead atoms. The number of rotatable bonds is 7. The van der Waals surface area contributed by atoms with E-state index in [0.29, 0.717) is 52.6 Å². The lowest BCUT2D eigenvalue weighted by molar-refractivity contribution is 0.102. The van der Waals surface area contributed by atoms with Gasteiger partial charge in [0.1, 0.15) is 17.2 Å². The Morgan fingerprint density at radius 1 is 1.18 bits per heavy atom. The molecule has 0 saturated carbocycles. The highest BCUT2D eigenvalue weighted by atomic mass is 35.5. The molecule has 8 nitrogen and oxygen atoms in total. The van der Waals surface area contributed by atoms with E-state index in [1.54, 1.807) is 23.7 Å². The number of benzene rings is 2. The highest BCUT2D eigenvalue weighted by Crippen LogP contribution is 2.31. The lowest BCUT2D eigenvalue weighted by Gasteiger charge is -2.08. The summed E-state index contributed by atoms with van der Waals surface area (Å²) in [5.74, 6) is 1.48. The van der Waals surface area contributed by atoms with Crippen LogP contribution in [0.2, 0.25) is 5.02 Å². The van der Waals surface area contributed by atoms with Gasteiger partial charge >= 0.3 is 0 Å². The van der Waals surface area contributed by atoms with Gasteiger partial charge in [-0.15, -0.1) is 5.10 Å². The SMILES string of the molecule is CCOc1ccccc1-c1nc(Cn2nnc(C(=O)Nc3cc(Cl)ccc3C)c2C)c(C)o1. The van der Waals surface area contributed by atoms with Gasteiger partial charge in [0.25, 0.3) is 5.91 Å². The zero-order valence-corrected chi connectivity index (χ0v) is 19.6. The molecule has 2 aromatic carbocycles. The van der Waals surface area contributed by atoms with Crippen LogP contribution in [0.5, 0.6) is 5.75 Å². The predicted octanol–water partition coefficient (Wildman–Crippen LogP) is 5.21.